The second kappa shape index (κ2) is 7.48. The third-order valence-electron chi connectivity index (χ3n) is 10.3. The van der Waals surface area contributed by atoms with Gasteiger partial charge in [-0.3, -0.25) is 9.59 Å². The van der Waals surface area contributed by atoms with E-state index in [0.29, 0.717) is 48.0 Å². The van der Waals surface area contributed by atoms with E-state index in [9.17, 15) is 9.59 Å². The van der Waals surface area contributed by atoms with Gasteiger partial charge in [0.25, 0.3) is 0 Å². The summed E-state index contributed by atoms with van der Waals surface area (Å²) < 4.78 is 6.37. The van der Waals surface area contributed by atoms with Gasteiger partial charge in [0, 0.05) is 24.9 Å². The minimum Gasteiger partial charge on any atom is -0.461 e. The average Bonchev–Trinajstić information content (AvgIpc) is 2.97. The number of fused-ring (bicyclic) bond motifs is 5. The molecular weight excluding hydrogens is 386 g/mol. The Bertz CT molecular complexity index is 739. The van der Waals surface area contributed by atoms with Gasteiger partial charge in [-0.15, -0.1) is 0 Å². The molecule has 8 atom stereocenters. The van der Waals surface area contributed by atoms with Crippen LogP contribution in [0, 0.1) is 45.8 Å². The fourth-order valence-electron chi connectivity index (χ4n) is 8.34. The molecule has 1 heterocycles. The lowest BCUT2D eigenvalue weighted by atomic mass is 9.47. The van der Waals surface area contributed by atoms with Gasteiger partial charge in [-0.1, -0.05) is 27.7 Å². The Morgan fingerprint density at radius 2 is 1.74 bits per heavy atom. The Balaban J connectivity index is 1.63. The van der Waals surface area contributed by atoms with Gasteiger partial charge < -0.3 is 9.64 Å². The normalized spacial score (nSPS) is 45.2. The molecule has 1 aliphatic heterocycles. The van der Waals surface area contributed by atoms with E-state index in [1.807, 2.05) is 27.8 Å². The molecule has 4 fully saturated rings. The summed E-state index contributed by atoms with van der Waals surface area (Å²) in [6, 6.07) is 0.399. The van der Waals surface area contributed by atoms with Crippen LogP contribution in [0.15, 0.2) is 0 Å². The van der Waals surface area contributed by atoms with Gasteiger partial charge in [-0.25, -0.2) is 0 Å². The molecule has 3 aliphatic carbocycles. The molecule has 0 aromatic rings. The molecule has 4 heteroatoms. The predicted octanol–water partition coefficient (Wildman–Crippen LogP) is 5.69. The standard InChI is InChI=1S/C27H45NO3/c1-16(2)18-15-20-17-9-10-21-26(6,14-12-22(29)28(21)8)19(17)11-13-27(20,7)23(18)31-24(30)25(3,4)5/h16-21,23H,9-15H2,1-8H3/t17-,18-,19+,20+,21-,23+,26-,27+/m1/s1. The Morgan fingerprint density at radius 3 is 2.35 bits per heavy atom. The van der Waals surface area contributed by atoms with Crippen molar-refractivity contribution in [3.63, 3.8) is 0 Å². The number of nitrogens with zero attached hydrogens (tertiary/aromatic N) is 1. The Labute approximate surface area is 189 Å². The number of piperidine rings is 1. The first-order chi connectivity index (χ1) is 14.3. The van der Waals surface area contributed by atoms with Gasteiger partial charge in [-0.05, 0) is 94.3 Å². The van der Waals surface area contributed by atoms with Gasteiger partial charge >= 0.3 is 5.97 Å². The van der Waals surface area contributed by atoms with Gasteiger partial charge in [-0.2, -0.15) is 0 Å². The second-order valence-corrected chi connectivity index (χ2v) is 13.2. The van der Waals surface area contributed by atoms with E-state index in [4.69, 9.17) is 4.74 Å². The van der Waals surface area contributed by atoms with E-state index in [1.54, 1.807) is 0 Å². The van der Waals surface area contributed by atoms with Crippen molar-refractivity contribution in [2.24, 2.45) is 45.8 Å². The van der Waals surface area contributed by atoms with E-state index in [2.05, 4.69) is 32.6 Å². The quantitative estimate of drug-likeness (QED) is 0.528. The zero-order valence-corrected chi connectivity index (χ0v) is 21.2. The zero-order chi connectivity index (χ0) is 22.9. The third kappa shape index (κ3) is 3.46. The van der Waals surface area contributed by atoms with E-state index in [0.717, 1.165) is 19.3 Å². The molecule has 31 heavy (non-hydrogen) atoms. The van der Waals surface area contributed by atoms with Crippen LogP contribution >= 0.6 is 0 Å². The smallest absolute Gasteiger partial charge is 0.311 e. The van der Waals surface area contributed by atoms with Crippen LogP contribution in [0.25, 0.3) is 0 Å². The van der Waals surface area contributed by atoms with E-state index < -0.39 is 5.41 Å². The predicted molar refractivity (Wildman–Crippen MR) is 123 cm³/mol. The highest BCUT2D eigenvalue weighted by Crippen LogP contribution is 2.66. The number of rotatable bonds is 2. The van der Waals surface area contributed by atoms with Crippen molar-refractivity contribution in [3.05, 3.63) is 0 Å². The number of ether oxygens (including phenoxy) is 1. The lowest BCUT2D eigenvalue weighted by molar-refractivity contribution is -0.177. The van der Waals surface area contributed by atoms with Crippen molar-refractivity contribution in [1.82, 2.24) is 4.90 Å². The maximum atomic E-state index is 12.9. The molecule has 4 aliphatic rings. The number of likely N-dealkylation sites (tertiary alicyclic amines) is 1. The van der Waals surface area contributed by atoms with Crippen molar-refractivity contribution in [1.29, 1.82) is 0 Å². The molecule has 0 radical (unpaired) electrons. The van der Waals surface area contributed by atoms with Gasteiger partial charge in [0.1, 0.15) is 6.10 Å². The van der Waals surface area contributed by atoms with Crippen molar-refractivity contribution >= 4 is 11.9 Å². The van der Waals surface area contributed by atoms with E-state index in [1.165, 1.54) is 19.3 Å². The highest BCUT2D eigenvalue weighted by atomic mass is 16.5. The van der Waals surface area contributed by atoms with Crippen LogP contribution < -0.4 is 0 Å². The molecule has 0 bridgehead atoms. The molecule has 0 unspecified atom stereocenters. The monoisotopic (exact) mass is 431 g/mol. The summed E-state index contributed by atoms with van der Waals surface area (Å²) in [4.78, 5) is 27.4. The van der Waals surface area contributed by atoms with Gasteiger partial charge in [0.15, 0.2) is 0 Å². The summed E-state index contributed by atoms with van der Waals surface area (Å²) in [6.07, 6.45) is 7.67. The van der Waals surface area contributed by atoms with Crippen molar-refractivity contribution < 1.29 is 14.3 Å². The number of amides is 1. The first kappa shape index (κ1) is 23.1. The lowest BCUT2D eigenvalue weighted by Crippen LogP contribution is -2.61. The fraction of sp³-hybridized carbons (Fsp3) is 0.926. The number of esters is 1. The molecule has 0 aromatic carbocycles. The minimum atomic E-state index is -0.460. The summed E-state index contributed by atoms with van der Waals surface area (Å²) in [7, 11) is 2.03. The Hall–Kier alpha value is -1.06. The van der Waals surface area contributed by atoms with Crippen LogP contribution in [0.3, 0.4) is 0 Å². The van der Waals surface area contributed by atoms with E-state index >= 15 is 0 Å². The maximum absolute atomic E-state index is 12.9. The first-order valence-electron chi connectivity index (χ1n) is 12.8. The highest BCUT2D eigenvalue weighted by Gasteiger charge is 2.64. The SMILES string of the molecule is CC(C)[C@H]1C[C@H]2[C@@H]3CC[C@H]4N(C)C(=O)CC[C@]4(C)[C@H]3CC[C@]2(C)[C@H]1OC(=O)C(C)(C)C. The summed E-state index contributed by atoms with van der Waals surface area (Å²) in [6.45, 7) is 15.4. The van der Waals surface area contributed by atoms with Crippen LogP contribution in [-0.2, 0) is 14.3 Å². The van der Waals surface area contributed by atoms with E-state index in [-0.39, 0.29) is 22.9 Å². The average molecular weight is 432 g/mol. The van der Waals surface area contributed by atoms with Crippen LogP contribution in [0.2, 0.25) is 0 Å². The van der Waals surface area contributed by atoms with Crippen LogP contribution in [0.5, 0.6) is 0 Å². The fourth-order valence-corrected chi connectivity index (χ4v) is 8.34. The van der Waals surface area contributed by atoms with Crippen LogP contribution in [0.4, 0.5) is 0 Å². The molecule has 1 saturated heterocycles. The van der Waals surface area contributed by atoms with Crippen molar-refractivity contribution in [2.45, 2.75) is 106 Å². The van der Waals surface area contributed by atoms with Gasteiger partial charge in [0.2, 0.25) is 5.91 Å². The zero-order valence-electron chi connectivity index (χ0n) is 21.2. The molecule has 0 aromatic heterocycles. The number of carbonyl (C=O) groups excluding carboxylic acids is 2. The molecular formula is C27H45NO3. The summed E-state index contributed by atoms with van der Waals surface area (Å²) in [5.74, 6) is 3.25. The van der Waals surface area contributed by atoms with Crippen LogP contribution in [0.1, 0.15) is 93.4 Å². The summed E-state index contributed by atoms with van der Waals surface area (Å²) in [5.41, 5.74) is -0.144. The molecule has 0 N–H and O–H groups in total. The highest BCUT2D eigenvalue weighted by molar-refractivity contribution is 5.77. The van der Waals surface area contributed by atoms with Gasteiger partial charge in [0.05, 0.1) is 5.41 Å². The molecule has 4 nitrogen and oxygen atoms in total. The molecule has 1 amide bonds. The number of hydrogen-bond donors (Lipinski definition) is 0. The third-order valence-corrected chi connectivity index (χ3v) is 10.3. The largest absolute Gasteiger partial charge is 0.461 e. The first-order valence-corrected chi connectivity index (χ1v) is 12.8. The van der Waals surface area contributed by atoms with Crippen LogP contribution in [-0.4, -0.2) is 36.0 Å². The van der Waals surface area contributed by atoms with Crippen molar-refractivity contribution in [2.75, 3.05) is 7.05 Å². The lowest BCUT2D eigenvalue weighted by Gasteiger charge is -2.61. The topological polar surface area (TPSA) is 46.6 Å². The Morgan fingerprint density at radius 1 is 1.06 bits per heavy atom. The molecule has 3 saturated carbocycles. The second-order valence-electron chi connectivity index (χ2n) is 13.2. The Kier molecular flexibility index (Phi) is 5.58. The summed E-state index contributed by atoms with van der Waals surface area (Å²) in [5, 5.41) is 0. The molecule has 0 spiro atoms. The van der Waals surface area contributed by atoms with Crippen molar-refractivity contribution in [3.8, 4) is 0 Å². The number of hydrogen-bond acceptors (Lipinski definition) is 3. The maximum Gasteiger partial charge on any atom is 0.311 e. The molecule has 4 rings (SSSR count). The summed E-state index contributed by atoms with van der Waals surface area (Å²) >= 11 is 0. The number of carbonyl (C=O) groups is 2. The minimum absolute atomic E-state index is 0.0336. The molecule has 176 valence electrons.